The second kappa shape index (κ2) is 15.4. The van der Waals surface area contributed by atoms with Crippen LogP contribution in [0.1, 0.15) is 58.2 Å². The van der Waals surface area contributed by atoms with E-state index in [4.69, 9.17) is 9.47 Å². The molecule has 252 valence electrons. The molecular weight excluding hydrogens is 603 g/mol. The van der Waals surface area contributed by atoms with Gasteiger partial charge in [0.15, 0.2) is 6.10 Å². The molecule has 7 atom stereocenters. The summed E-state index contributed by atoms with van der Waals surface area (Å²) in [6, 6.07) is 9.91. The van der Waals surface area contributed by atoms with Gasteiger partial charge in [0.1, 0.15) is 24.0 Å². The molecule has 0 unspecified atom stereocenters. The van der Waals surface area contributed by atoms with E-state index in [9.17, 15) is 23.6 Å². The standard InChI is InChI=1S/C36H45FN4O6/c1-20-16-21(2)24(5)47-36(45)32(46-7)31(25-12-14-27(37)15-13-25)40-34(43)30(18-26-19-38-29-11-9-8-10-28(26)29)41(6)35(44)23(4)39-33(42)22(3)17-20/h8-16,19,21-24,30-32,38H,17-18H2,1-7H3,(H,39,42)(H,40,43)/b20-16+/t21-,22+,23+,24-,30-,31-,32+/m1/s1. The second-order valence-corrected chi connectivity index (χ2v) is 12.6. The average Bonchev–Trinajstić information content (AvgIpc) is 3.45. The Morgan fingerprint density at radius 3 is 2.32 bits per heavy atom. The normalized spacial score (nSPS) is 28.5. The topological polar surface area (TPSA) is 130 Å². The number of carbonyl (C=O) groups excluding carboxylic acids is 4. The quantitative estimate of drug-likeness (QED) is 0.280. The van der Waals surface area contributed by atoms with Crippen LogP contribution in [0.2, 0.25) is 0 Å². The van der Waals surface area contributed by atoms with Crippen molar-refractivity contribution >= 4 is 34.6 Å². The number of cyclic esters (lactones) is 1. The fourth-order valence-electron chi connectivity index (χ4n) is 6.00. The van der Waals surface area contributed by atoms with Gasteiger partial charge in [-0.05, 0) is 56.5 Å². The smallest absolute Gasteiger partial charge is 0.338 e. The molecule has 0 aliphatic carbocycles. The van der Waals surface area contributed by atoms with Gasteiger partial charge in [-0.1, -0.05) is 55.8 Å². The van der Waals surface area contributed by atoms with E-state index >= 15 is 0 Å². The Morgan fingerprint density at radius 2 is 1.64 bits per heavy atom. The van der Waals surface area contributed by atoms with Crippen LogP contribution in [0.15, 0.2) is 66.4 Å². The van der Waals surface area contributed by atoms with Gasteiger partial charge in [0, 0.05) is 49.5 Å². The first-order chi connectivity index (χ1) is 22.3. The Labute approximate surface area is 275 Å². The number of amides is 3. The van der Waals surface area contributed by atoms with Crippen molar-refractivity contribution in [1.82, 2.24) is 20.5 Å². The first kappa shape index (κ1) is 35.3. The minimum absolute atomic E-state index is 0.117. The second-order valence-electron chi connectivity index (χ2n) is 12.6. The zero-order chi connectivity index (χ0) is 34.4. The molecule has 3 aromatic rings. The van der Waals surface area contributed by atoms with Crippen molar-refractivity contribution in [1.29, 1.82) is 0 Å². The van der Waals surface area contributed by atoms with Gasteiger partial charge in [-0.25, -0.2) is 9.18 Å². The monoisotopic (exact) mass is 648 g/mol. The maximum atomic E-state index is 14.3. The molecule has 1 aliphatic rings. The summed E-state index contributed by atoms with van der Waals surface area (Å²) in [6.07, 6.45) is 2.43. The van der Waals surface area contributed by atoms with E-state index in [-0.39, 0.29) is 18.2 Å². The van der Waals surface area contributed by atoms with E-state index in [0.29, 0.717) is 12.0 Å². The SMILES string of the molecule is CO[C@@H]1C(=O)O[C@H](C)[C@H](C)/C=C(\C)C[C@H](C)C(=O)N[C@@H](C)C(=O)N(C)[C@H](Cc2c[nH]c3ccccc23)C(=O)N[C@@H]1c1ccc(F)cc1. The fourth-order valence-corrected chi connectivity index (χ4v) is 6.00. The minimum atomic E-state index is -1.30. The number of H-pyrrole nitrogens is 1. The van der Waals surface area contributed by atoms with Gasteiger partial charge >= 0.3 is 5.97 Å². The number of aromatic nitrogens is 1. The maximum absolute atomic E-state index is 14.3. The zero-order valence-corrected chi connectivity index (χ0v) is 28.0. The molecule has 0 saturated heterocycles. The van der Waals surface area contributed by atoms with Gasteiger partial charge in [0.2, 0.25) is 17.7 Å². The number of esters is 1. The third-order valence-electron chi connectivity index (χ3n) is 8.92. The number of benzene rings is 2. The van der Waals surface area contributed by atoms with Crippen LogP contribution in [0, 0.1) is 17.7 Å². The lowest BCUT2D eigenvalue weighted by atomic mass is 9.95. The number of allylic oxidation sites excluding steroid dienone is 1. The molecule has 2 aromatic carbocycles. The van der Waals surface area contributed by atoms with Crippen molar-refractivity contribution < 1.29 is 33.0 Å². The Bertz CT molecular complexity index is 1620. The number of ether oxygens (including phenoxy) is 2. The first-order valence-corrected chi connectivity index (χ1v) is 15.9. The van der Waals surface area contributed by atoms with Gasteiger partial charge in [0.05, 0.1) is 6.04 Å². The number of hydrogen-bond acceptors (Lipinski definition) is 6. The van der Waals surface area contributed by atoms with Crippen molar-refractivity contribution in [3.05, 3.63) is 83.3 Å². The number of aromatic amines is 1. The molecule has 4 rings (SSSR count). The predicted molar refractivity (Wildman–Crippen MR) is 177 cm³/mol. The van der Waals surface area contributed by atoms with E-state index in [1.807, 2.05) is 44.2 Å². The van der Waals surface area contributed by atoms with Gasteiger partial charge in [-0.3, -0.25) is 14.4 Å². The van der Waals surface area contributed by atoms with Crippen LogP contribution in [-0.2, 0) is 35.1 Å². The summed E-state index contributed by atoms with van der Waals surface area (Å²) in [5, 5.41) is 6.63. The average molecular weight is 649 g/mol. The minimum Gasteiger partial charge on any atom is -0.460 e. The highest BCUT2D eigenvalue weighted by molar-refractivity contribution is 5.93. The molecule has 0 saturated carbocycles. The number of nitrogens with one attached hydrogen (secondary N) is 3. The number of likely N-dealkylation sites (N-methyl/N-ethyl adjacent to an activating group) is 1. The fraction of sp³-hybridized carbons (Fsp3) is 0.444. The summed E-state index contributed by atoms with van der Waals surface area (Å²) in [4.78, 5) is 59.5. The largest absolute Gasteiger partial charge is 0.460 e. The number of hydrogen-bond donors (Lipinski definition) is 3. The Kier molecular flexibility index (Phi) is 11.6. The van der Waals surface area contributed by atoms with Crippen LogP contribution < -0.4 is 10.6 Å². The molecule has 0 bridgehead atoms. The molecule has 1 aromatic heterocycles. The van der Waals surface area contributed by atoms with E-state index in [1.54, 1.807) is 27.0 Å². The summed E-state index contributed by atoms with van der Waals surface area (Å²) >= 11 is 0. The molecule has 3 N–H and O–H groups in total. The number of halogens is 1. The number of carbonyl (C=O) groups is 4. The number of rotatable bonds is 4. The highest BCUT2D eigenvalue weighted by Gasteiger charge is 2.38. The molecule has 0 radical (unpaired) electrons. The number of nitrogens with zero attached hydrogens (tertiary/aromatic N) is 1. The lowest BCUT2D eigenvalue weighted by molar-refractivity contribution is -0.164. The van der Waals surface area contributed by atoms with Gasteiger partial charge < -0.3 is 30.0 Å². The number of methoxy groups -OCH3 is 1. The third-order valence-corrected chi connectivity index (χ3v) is 8.92. The molecule has 47 heavy (non-hydrogen) atoms. The van der Waals surface area contributed by atoms with Crippen LogP contribution >= 0.6 is 0 Å². The van der Waals surface area contributed by atoms with Gasteiger partial charge in [0.25, 0.3) is 0 Å². The molecule has 10 nitrogen and oxygen atoms in total. The van der Waals surface area contributed by atoms with Crippen LogP contribution in [0.3, 0.4) is 0 Å². The Hall–Kier alpha value is -4.51. The van der Waals surface area contributed by atoms with E-state index in [0.717, 1.165) is 22.0 Å². The summed E-state index contributed by atoms with van der Waals surface area (Å²) in [7, 11) is 2.85. The highest BCUT2D eigenvalue weighted by atomic mass is 19.1. The van der Waals surface area contributed by atoms with Crippen molar-refractivity contribution in [2.24, 2.45) is 11.8 Å². The third kappa shape index (κ3) is 8.45. The van der Waals surface area contributed by atoms with E-state index in [2.05, 4.69) is 15.6 Å². The molecule has 2 heterocycles. The van der Waals surface area contributed by atoms with Gasteiger partial charge in [-0.15, -0.1) is 0 Å². The van der Waals surface area contributed by atoms with Crippen molar-refractivity contribution in [3.63, 3.8) is 0 Å². The summed E-state index contributed by atoms with van der Waals surface area (Å²) in [6.45, 7) is 8.94. The van der Waals surface area contributed by atoms with Crippen LogP contribution in [0.5, 0.6) is 0 Å². The maximum Gasteiger partial charge on any atom is 0.338 e. The number of para-hydroxylation sites is 1. The lowest BCUT2D eigenvalue weighted by Gasteiger charge is -2.33. The first-order valence-electron chi connectivity index (χ1n) is 15.9. The van der Waals surface area contributed by atoms with Crippen molar-refractivity contribution in [2.45, 2.75) is 77.8 Å². The Morgan fingerprint density at radius 1 is 0.957 bits per heavy atom. The lowest BCUT2D eigenvalue weighted by Crippen LogP contribution is -2.56. The number of fused-ring (bicyclic) bond motifs is 1. The molecule has 0 spiro atoms. The summed E-state index contributed by atoms with van der Waals surface area (Å²) in [5.41, 5.74) is 2.99. The molecule has 0 fully saturated rings. The molecule has 3 amide bonds. The van der Waals surface area contributed by atoms with Crippen molar-refractivity contribution in [2.75, 3.05) is 14.2 Å². The van der Waals surface area contributed by atoms with E-state index in [1.165, 1.54) is 43.3 Å². The van der Waals surface area contributed by atoms with Crippen LogP contribution in [-0.4, -0.2) is 72.0 Å². The Balaban J connectivity index is 1.80. The summed E-state index contributed by atoms with van der Waals surface area (Å²) in [5.74, 6) is -3.20. The van der Waals surface area contributed by atoms with E-state index < -0.39 is 59.9 Å². The predicted octanol–water partition coefficient (Wildman–Crippen LogP) is 4.61. The van der Waals surface area contributed by atoms with Crippen LogP contribution in [0.25, 0.3) is 10.9 Å². The molecular formula is C36H45FN4O6. The van der Waals surface area contributed by atoms with Crippen LogP contribution in [0.4, 0.5) is 4.39 Å². The highest BCUT2D eigenvalue weighted by Crippen LogP contribution is 2.26. The summed E-state index contributed by atoms with van der Waals surface area (Å²) < 4.78 is 25.5. The molecule has 11 heteroatoms. The van der Waals surface area contributed by atoms with Gasteiger partial charge in [-0.2, -0.15) is 0 Å². The molecule has 1 aliphatic heterocycles. The zero-order valence-electron chi connectivity index (χ0n) is 28.0. The van der Waals surface area contributed by atoms with Crippen molar-refractivity contribution in [3.8, 4) is 0 Å².